The molecular formula is C72H141N7O12S6. The van der Waals surface area contributed by atoms with Crippen LogP contribution in [0, 0.1) is 17.8 Å². The molecule has 6 amide bonds. The molecule has 3 unspecified atom stereocenters. The third kappa shape index (κ3) is 39.9. The molecule has 0 saturated heterocycles. The first-order valence-electron chi connectivity index (χ1n) is 37.4. The highest BCUT2D eigenvalue weighted by Crippen LogP contribution is 2.32. The van der Waals surface area contributed by atoms with Crippen LogP contribution >= 0.6 is 64.8 Å². The predicted octanol–water partition coefficient (Wildman–Crippen LogP) is 12.2. The quantitative estimate of drug-likeness (QED) is 0.0202. The molecule has 0 aromatic carbocycles. The zero-order chi connectivity index (χ0) is 72.9. The van der Waals surface area contributed by atoms with Crippen molar-refractivity contribution in [1.82, 2.24) is 35.6 Å². The second-order valence-corrected chi connectivity index (χ2v) is 36.2. The third-order valence-electron chi connectivity index (χ3n) is 18.0. The van der Waals surface area contributed by atoms with Gasteiger partial charge in [0.05, 0.1) is 56.3 Å². The summed E-state index contributed by atoms with van der Waals surface area (Å²) < 4.78 is 0. The van der Waals surface area contributed by atoms with E-state index in [9.17, 15) is 59.4 Å². The van der Waals surface area contributed by atoms with Gasteiger partial charge in [0.25, 0.3) is 0 Å². The molecule has 0 heterocycles. The molecule has 19 nitrogen and oxygen atoms in total. The van der Waals surface area contributed by atoms with Crippen molar-refractivity contribution in [3.8, 4) is 0 Å². The fraction of sp³-hybridized carbons (Fsp3) is 0.917. The van der Waals surface area contributed by atoms with Crippen LogP contribution in [0.3, 0.4) is 0 Å². The van der Waals surface area contributed by atoms with Gasteiger partial charge in [-0.05, 0) is 57.8 Å². The third-order valence-corrected chi connectivity index (χ3v) is 25.5. The first kappa shape index (κ1) is 95.6. The second-order valence-electron chi connectivity index (χ2n) is 28.1. The second kappa shape index (κ2) is 59.0. The van der Waals surface area contributed by atoms with Crippen LogP contribution in [0.25, 0.3) is 0 Å². The maximum atomic E-state index is 14.6. The lowest BCUT2D eigenvalue weighted by molar-refractivity contribution is -0.154. The summed E-state index contributed by atoms with van der Waals surface area (Å²) in [5.41, 5.74) is -4.39. The van der Waals surface area contributed by atoms with Crippen molar-refractivity contribution in [2.75, 3.05) is 113 Å². The van der Waals surface area contributed by atoms with Gasteiger partial charge in [0.1, 0.15) is 18.1 Å². The average molecular weight is 1490 g/mol. The van der Waals surface area contributed by atoms with E-state index in [0.29, 0.717) is 17.3 Å². The minimum absolute atomic E-state index is 0.0432. The Morgan fingerprint density at radius 1 is 0.320 bits per heavy atom. The van der Waals surface area contributed by atoms with Crippen LogP contribution in [0.1, 0.15) is 256 Å². The van der Waals surface area contributed by atoms with Crippen LogP contribution in [0.5, 0.6) is 0 Å². The highest BCUT2D eigenvalue weighted by molar-refractivity contribution is 8.77. The molecule has 572 valence electrons. The fourth-order valence-electron chi connectivity index (χ4n) is 11.8. The molecule has 0 aromatic rings. The molecule has 25 heteroatoms. The van der Waals surface area contributed by atoms with E-state index in [-0.39, 0.29) is 76.3 Å². The molecule has 0 rings (SSSR count). The van der Waals surface area contributed by atoms with Crippen molar-refractivity contribution in [1.29, 1.82) is 0 Å². The molecule has 3 atom stereocenters. The Morgan fingerprint density at radius 2 is 0.515 bits per heavy atom. The Kier molecular flexibility index (Phi) is 58.1. The number of unbranched alkanes of at least 4 members (excludes halogenated alkanes) is 21. The smallest absolute Gasteiger partial charge is 0.243 e. The van der Waals surface area contributed by atoms with Crippen LogP contribution in [0.4, 0.5) is 0 Å². The number of carbonyl (C=O) groups excluding carboxylic acids is 6. The first-order chi connectivity index (χ1) is 46.5. The van der Waals surface area contributed by atoms with Gasteiger partial charge in [-0.15, -0.1) is 0 Å². The molecule has 97 heavy (non-hydrogen) atoms. The van der Waals surface area contributed by atoms with E-state index >= 15 is 0 Å². The van der Waals surface area contributed by atoms with E-state index in [1.54, 1.807) is 85.5 Å². The van der Waals surface area contributed by atoms with Gasteiger partial charge in [0, 0.05) is 93.0 Å². The van der Waals surface area contributed by atoms with E-state index in [1.807, 2.05) is 46.4 Å². The molecule has 0 spiro atoms. The molecule has 0 aliphatic rings. The number of aliphatic hydroxyl groups is 6. The molecule has 9 N–H and O–H groups in total. The van der Waals surface area contributed by atoms with Crippen LogP contribution < -0.4 is 16.0 Å². The van der Waals surface area contributed by atoms with Crippen LogP contribution in [-0.2, 0) is 28.8 Å². The Labute approximate surface area is 613 Å². The van der Waals surface area contributed by atoms with Crippen molar-refractivity contribution in [3.63, 3.8) is 0 Å². The SMILES string of the molecule is CCCCCCCCCCSSCCC(=O)N(C(C(=O)NCCN(CCNC(=O)C(C(C)C)N(C(=O)CCSSCCCCCCCCCC)C(C)(CO)CO)CCNC(=O)C(C(C)C)N(C(=O)CCSSCCCCCCCCCC)C(C)(CO)CO)C(C)C)C(C)(CO)CO. The Morgan fingerprint density at radius 3 is 0.711 bits per heavy atom. The number of hydrogen-bond donors (Lipinski definition) is 9. The Balaban J connectivity index is 6.75. The molecular weight excluding hydrogens is 1350 g/mol. The van der Waals surface area contributed by atoms with Crippen molar-refractivity contribution in [2.45, 2.75) is 291 Å². The molecule has 0 aliphatic carbocycles. The molecule has 0 saturated carbocycles. The predicted molar refractivity (Wildman–Crippen MR) is 416 cm³/mol. The Hall–Kier alpha value is -1.36. The van der Waals surface area contributed by atoms with Gasteiger partial charge in [-0.25, -0.2) is 0 Å². The van der Waals surface area contributed by atoms with Crippen LogP contribution in [-0.4, -0.2) is 234 Å². The lowest BCUT2D eigenvalue weighted by Gasteiger charge is -2.45. The van der Waals surface area contributed by atoms with E-state index in [0.717, 1.165) is 36.5 Å². The van der Waals surface area contributed by atoms with E-state index in [2.05, 4.69) is 36.7 Å². The van der Waals surface area contributed by atoms with Gasteiger partial charge in [-0.3, -0.25) is 33.7 Å². The zero-order valence-corrected chi connectivity index (χ0v) is 67.6. The van der Waals surface area contributed by atoms with Crippen LogP contribution in [0.2, 0.25) is 0 Å². The van der Waals surface area contributed by atoms with Gasteiger partial charge in [0.2, 0.25) is 35.4 Å². The van der Waals surface area contributed by atoms with Gasteiger partial charge in [-0.1, -0.05) is 262 Å². The number of rotatable bonds is 66. The van der Waals surface area contributed by atoms with E-state index in [1.165, 1.54) is 150 Å². The Bertz CT molecular complexity index is 1810. The van der Waals surface area contributed by atoms with Gasteiger partial charge >= 0.3 is 0 Å². The number of aliphatic hydroxyl groups excluding tert-OH is 6. The highest BCUT2D eigenvalue weighted by Gasteiger charge is 2.46. The summed E-state index contributed by atoms with van der Waals surface area (Å²) in [6, 6.07) is -3.22. The van der Waals surface area contributed by atoms with Crippen LogP contribution in [0.15, 0.2) is 0 Å². The molecule has 0 aliphatic heterocycles. The molecule has 0 radical (unpaired) electrons. The maximum absolute atomic E-state index is 14.6. The van der Waals surface area contributed by atoms with Crippen molar-refractivity contribution >= 4 is 100 Å². The largest absolute Gasteiger partial charge is 0.394 e. The summed E-state index contributed by atoms with van der Waals surface area (Å²) >= 11 is 0. The maximum Gasteiger partial charge on any atom is 0.243 e. The number of hydrogen-bond acceptors (Lipinski definition) is 19. The van der Waals surface area contributed by atoms with Gasteiger partial charge in [0.15, 0.2) is 0 Å². The molecule has 0 aromatic heterocycles. The monoisotopic (exact) mass is 1490 g/mol. The molecule has 0 fully saturated rings. The lowest BCUT2D eigenvalue weighted by Crippen LogP contribution is -2.64. The van der Waals surface area contributed by atoms with Crippen molar-refractivity contribution < 1.29 is 59.4 Å². The highest BCUT2D eigenvalue weighted by atomic mass is 33.1. The average Bonchev–Trinajstić information content (AvgIpc) is 0.813. The topological polar surface area (TPSA) is 273 Å². The minimum atomic E-state index is -1.46. The molecule has 0 bridgehead atoms. The summed E-state index contributed by atoms with van der Waals surface area (Å²) in [6.07, 6.45) is 29.7. The summed E-state index contributed by atoms with van der Waals surface area (Å²) in [5, 5.41) is 73.3. The van der Waals surface area contributed by atoms with E-state index in [4.69, 9.17) is 0 Å². The number of carbonyl (C=O) groups is 6. The number of nitrogens with one attached hydrogen (secondary N) is 3. The first-order valence-corrected chi connectivity index (χ1v) is 44.8. The standard InChI is InChI=1S/C72H141N7O12S6/c1-13-16-19-22-25-28-31-34-46-92-95-49-37-61(86)77(70(10,52-80)53-81)64(58(4)5)67(89)73-40-43-76(44-41-74-68(90)65(59(6)7)78(71(11,54-82)55-83)62(87)38-50-96-93-47-35-32-29-26-23-20-17-14-2)45-42-75-69(91)66(60(8)9)79(72(12,56-84)57-85)63(88)39-51-97-94-48-36-33-30-27-24-21-18-15-3/h58-60,64-66,80-85H,13-57H2,1-12H3,(H,73,89)(H,74,90)(H,75,91). The zero-order valence-electron chi connectivity index (χ0n) is 62.7. The lowest BCUT2D eigenvalue weighted by atomic mass is 9.92. The van der Waals surface area contributed by atoms with Gasteiger partial charge < -0.3 is 61.3 Å². The summed E-state index contributed by atoms with van der Waals surface area (Å²) in [4.78, 5) is 92.5. The number of nitrogens with zero attached hydrogens (tertiary/aromatic N) is 4. The minimum Gasteiger partial charge on any atom is -0.394 e. The van der Waals surface area contributed by atoms with Crippen molar-refractivity contribution in [3.05, 3.63) is 0 Å². The fourth-order valence-corrected chi connectivity index (χ4v) is 18.2. The van der Waals surface area contributed by atoms with Gasteiger partial charge in [-0.2, -0.15) is 0 Å². The summed E-state index contributed by atoms with van der Waals surface area (Å²) in [5.74, 6) is 0.464. The summed E-state index contributed by atoms with van der Waals surface area (Å²) in [6.45, 7) is 19.4. The normalized spacial score (nSPS) is 13.2. The number of amides is 6. The van der Waals surface area contributed by atoms with Crippen molar-refractivity contribution in [2.24, 2.45) is 17.8 Å². The summed E-state index contributed by atoms with van der Waals surface area (Å²) in [7, 11) is 9.97. The van der Waals surface area contributed by atoms with E-state index < -0.39 is 110 Å².